The van der Waals surface area contributed by atoms with Crippen LogP contribution in [-0.2, 0) is 14.6 Å². The number of rotatable bonds is 7. The minimum atomic E-state index is -3.48. The SMILES string of the molecule is CS(=O)(=O)C(C(N)=O)C1CCC(CCN2CCN(c3cccc(F)c3F)CC2)CC1. The van der Waals surface area contributed by atoms with Gasteiger partial charge in [-0.2, -0.15) is 0 Å². The maximum atomic E-state index is 14.0. The summed E-state index contributed by atoms with van der Waals surface area (Å²) in [5, 5.41) is -1.07. The second kappa shape index (κ2) is 9.60. The molecule has 2 fully saturated rings. The Morgan fingerprint density at radius 3 is 2.33 bits per heavy atom. The summed E-state index contributed by atoms with van der Waals surface area (Å²) in [5.74, 6) is -2.02. The fraction of sp³-hybridized carbons (Fsp3) is 0.667. The first-order chi connectivity index (χ1) is 14.2. The highest BCUT2D eigenvalue weighted by molar-refractivity contribution is 7.92. The molecule has 30 heavy (non-hydrogen) atoms. The van der Waals surface area contributed by atoms with Gasteiger partial charge in [0.2, 0.25) is 5.91 Å². The van der Waals surface area contributed by atoms with Crippen LogP contribution >= 0.6 is 0 Å². The third-order valence-electron chi connectivity index (χ3n) is 6.56. The van der Waals surface area contributed by atoms with Crippen molar-refractivity contribution >= 4 is 21.4 Å². The van der Waals surface area contributed by atoms with Gasteiger partial charge in [-0.3, -0.25) is 9.69 Å². The van der Waals surface area contributed by atoms with E-state index in [-0.39, 0.29) is 5.92 Å². The zero-order valence-electron chi connectivity index (χ0n) is 17.4. The van der Waals surface area contributed by atoms with Crippen LogP contribution in [0, 0.1) is 23.5 Å². The Balaban J connectivity index is 1.43. The molecular formula is C21H31F2N3O3S. The van der Waals surface area contributed by atoms with Crippen molar-refractivity contribution in [1.29, 1.82) is 0 Å². The lowest BCUT2D eigenvalue weighted by Gasteiger charge is -2.37. The zero-order chi connectivity index (χ0) is 21.9. The van der Waals surface area contributed by atoms with Gasteiger partial charge in [0.1, 0.15) is 5.25 Å². The molecule has 0 radical (unpaired) electrons. The molecular weight excluding hydrogens is 412 g/mol. The van der Waals surface area contributed by atoms with Crippen LogP contribution < -0.4 is 10.6 Å². The van der Waals surface area contributed by atoms with Crippen LogP contribution in [0.25, 0.3) is 0 Å². The molecule has 1 amide bonds. The van der Waals surface area contributed by atoms with Crippen molar-refractivity contribution in [2.24, 2.45) is 17.6 Å². The summed E-state index contributed by atoms with van der Waals surface area (Å²) in [6.07, 6.45) is 5.32. The van der Waals surface area contributed by atoms with Crippen molar-refractivity contribution in [3.05, 3.63) is 29.8 Å². The predicted molar refractivity (Wildman–Crippen MR) is 113 cm³/mol. The van der Waals surface area contributed by atoms with E-state index in [2.05, 4.69) is 4.90 Å². The fourth-order valence-electron chi connectivity index (χ4n) is 4.89. The molecule has 0 spiro atoms. The van der Waals surface area contributed by atoms with Gasteiger partial charge in [-0.15, -0.1) is 0 Å². The van der Waals surface area contributed by atoms with E-state index >= 15 is 0 Å². The van der Waals surface area contributed by atoms with Crippen LogP contribution in [0.2, 0.25) is 0 Å². The summed E-state index contributed by atoms with van der Waals surface area (Å²) in [6, 6.07) is 4.27. The van der Waals surface area contributed by atoms with Crippen molar-refractivity contribution in [3.8, 4) is 0 Å². The monoisotopic (exact) mass is 443 g/mol. The molecule has 1 unspecified atom stereocenters. The zero-order valence-corrected chi connectivity index (χ0v) is 18.2. The van der Waals surface area contributed by atoms with E-state index in [4.69, 9.17) is 5.73 Å². The summed E-state index contributed by atoms with van der Waals surface area (Å²) in [5.41, 5.74) is 5.66. The minimum Gasteiger partial charge on any atom is -0.369 e. The Labute approximate surface area is 177 Å². The molecule has 9 heteroatoms. The number of halogens is 2. The maximum Gasteiger partial charge on any atom is 0.236 e. The molecule has 1 heterocycles. The van der Waals surface area contributed by atoms with E-state index < -0.39 is 32.6 Å². The Morgan fingerprint density at radius 2 is 1.77 bits per heavy atom. The number of nitrogens with zero attached hydrogens (tertiary/aromatic N) is 2. The van der Waals surface area contributed by atoms with E-state index in [1.54, 1.807) is 6.07 Å². The third kappa shape index (κ3) is 5.49. The Kier molecular flexibility index (Phi) is 7.34. The number of carbonyl (C=O) groups is 1. The van der Waals surface area contributed by atoms with Crippen LogP contribution in [0.1, 0.15) is 32.1 Å². The first kappa shape index (κ1) is 22.9. The number of hydrogen-bond donors (Lipinski definition) is 1. The largest absolute Gasteiger partial charge is 0.369 e. The number of benzene rings is 1. The lowest BCUT2D eigenvalue weighted by molar-refractivity contribution is -0.118. The van der Waals surface area contributed by atoms with Gasteiger partial charge in [0.05, 0.1) is 5.69 Å². The van der Waals surface area contributed by atoms with Crippen LogP contribution in [0.15, 0.2) is 18.2 Å². The summed E-state index contributed by atoms with van der Waals surface area (Å²) >= 11 is 0. The van der Waals surface area contributed by atoms with Crippen LogP contribution in [0.3, 0.4) is 0 Å². The fourth-order valence-corrected chi connectivity index (χ4v) is 6.28. The van der Waals surface area contributed by atoms with Crippen LogP contribution in [-0.4, -0.2) is 63.5 Å². The maximum absolute atomic E-state index is 14.0. The molecule has 168 valence electrons. The van der Waals surface area contributed by atoms with E-state index in [1.807, 2.05) is 4.90 Å². The van der Waals surface area contributed by atoms with E-state index in [0.717, 1.165) is 51.2 Å². The van der Waals surface area contributed by atoms with Gasteiger partial charge in [-0.25, -0.2) is 17.2 Å². The van der Waals surface area contributed by atoms with Crippen molar-refractivity contribution in [2.75, 3.05) is 43.9 Å². The minimum absolute atomic E-state index is 0.182. The van der Waals surface area contributed by atoms with Gasteiger partial charge in [-0.1, -0.05) is 18.9 Å². The van der Waals surface area contributed by atoms with E-state index in [1.165, 1.54) is 6.07 Å². The summed E-state index contributed by atoms with van der Waals surface area (Å²) in [6.45, 7) is 3.83. The number of hydrogen-bond acceptors (Lipinski definition) is 5. The van der Waals surface area contributed by atoms with Gasteiger partial charge >= 0.3 is 0 Å². The predicted octanol–water partition coefficient (Wildman–Crippen LogP) is 2.18. The average Bonchev–Trinajstić information content (AvgIpc) is 2.69. The summed E-state index contributed by atoms with van der Waals surface area (Å²) < 4.78 is 51.2. The number of sulfone groups is 1. The number of piperazine rings is 1. The second-order valence-electron chi connectivity index (χ2n) is 8.62. The molecule has 2 N–H and O–H groups in total. The highest BCUT2D eigenvalue weighted by Gasteiger charge is 2.37. The van der Waals surface area contributed by atoms with Gasteiger partial charge in [-0.05, 0) is 49.8 Å². The molecule has 1 aliphatic heterocycles. The number of carbonyl (C=O) groups excluding carboxylic acids is 1. The van der Waals surface area contributed by atoms with Gasteiger partial charge in [0.15, 0.2) is 21.5 Å². The number of primary amides is 1. The summed E-state index contributed by atoms with van der Waals surface area (Å²) in [7, 11) is -3.48. The van der Waals surface area contributed by atoms with Crippen molar-refractivity contribution < 1.29 is 22.0 Å². The first-order valence-corrected chi connectivity index (χ1v) is 12.5. The van der Waals surface area contributed by atoms with Gasteiger partial charge in [0, 0.05) is 32.4 Å². The topological polar surface area (TPSA) is 83.7 Å². The molecule has 1 saturated carbocycles. The standard InChI is InChI=1S/C21H31F2N3O3S/c1-30(28,29)20(21(24)27)16-7-5-15(6-8-16)9-10-25-11-13-26(14-12-25)18-4-2-3-17(22)19(18)23/h2-4,15-16,20H,5-14H2,1H3,(H2,24,27). The average molecular weight is 444 g/mol. The smallest absolute Gasteiger partial charge is 0.236 e. The molecule has 1 aromatic carbocycles. The second-order valence-corrected chi connectivity index (χ2v) is 10.8. The van der Waals surface area contributed by atoms with Crippen molar-refractivity contribution in [1.82, 2.24) is 4.90 Å². The van der Waals surface area contributed by atoms with Crippen molar-refractivity contribution in [3.63, 3.8) is 0 Å². The quantitative estimate of drug-likeness (QED) is 0.698. The molecule has 0 bridgehead atoms. The summed E-state index contributed by atoms with van der Waals surface area (Å²) in [4.78, 5) is 15.8. The molecule has 1 aliphatic carbocycles. The van der Waals surface area contributed by atoms with Gasteiger partial charge in [0.25, 0.3) is 0 Å². The molecule has 6 nitrogen and oxygen atoms in total. The number of anilines is 1. The van der Waals surface area contributed by atoms with E-state index in [9.17, 15) is 22.0 Å². The Morgan fingerprint density at radius 1 is 1.13 bits per heavy atom. The highest BCUT2D eigenvalue weighted by atomic mass is 32.2. The third-order valence-corrected chi connectivity index (χ3v) is 8.10. The van der Waals surface area contributed by atoms with E-state index in [0.29, 0.717) is 37.5 Å². The van der Waals surface area contributed by atoms with Crippen LogP contribution in [0.5, 0.6) is 0 Å². The molecule has 3 rings (SSSR count). The normalized spacial score (nSPS) is 24.6. The first-order valence-electron chi connectivity index (χ1n) is 10.6. The van der Waals surface area contributed by atoms with Crippen molar-refractivity contribution in [2.45, 2.75) is 37.4 Å². The molecule has 1 saturated heterocycles. The Bertz CT molecular complexity index is 849. The molecule has 0 aromatic heterocycles. The number of nitrogens with two attached hydrogens (primary N) is 1. The lowest BCUT2D eigenvalue weighted by Crippen LogP contribution is -2.47. The highest BCUT2D eigenvalue weighted by Crippen LogP contribution is 2.35. The van der Waals surface area contributed by atoms with Crippen LogP contribution in [0.4, 0.5) is 14.5 Å². The molecule has 1 atom stereocenters. The number of amides is 1. The molecule has 1 aromatic rings. The van der Waals surface area contributed by atoms with Gasteiger partial charge < -0.3 is 10.6 Å². The Hall–Kier alpha value is -1.74. The lowest BCUT2D eigenvalue weighted by atomic mass is 9.79. The molecule has 2 aliphatic rings.